The average Bonchev–Trinajstić information content (AvgIpc) is 2.84. The molecule has 22 heavy (non-hydrogen) atoms. The summed E-state index contributed by atoms with van der Waals surface area (Å²) in [5, 5.41) is 0. The fraction of sp³-hybridized carbons (Fsp3) is 0.455. The summed E-state index contributed by atoms with van der Waals surface area (Å²) in [6.07, 6.45) is 5.08. The van der Waals surface area contributed by atoms with Gasteiger partial charge in [0.15, 0.2) is 17.0 Å². The van der Waals surface area contributed by atoms with Gasteiger partial charge in [0.1, 0.15) is 12.7 Å². The van der Waals surface area contributed by atoms with Crippen LogP contribution in [0.15, 0.2) is 17.6 Å². The Morgan fingerprint density at radius 1 is 1.41 bits per heavy atom. The maximum Gasteiger partial charge on any atom is 0.222 e. The molecule has 0 spiro atoms. The van der Waals surface area contributed by atoms with Gasteiger partial charge in [-0.25, -0.2) is 19.9 Å². The standard InChI is InChI=1S/C11H15I2N6O2P/c1-18(2)6-17-10-9-11(15-5-14-10)19(7-16-9)3-4-21-8-22(12,13)20/h5-7H,3-4,8H2,1-2H3. The summed E-state index contributed by atoms with van der Waals surface area (Å²) >= 11 is 3.84. The minimum absolute atomic E-state index is 0.258. The van der Waals surface area contributed by atoms with Crippen molar-refractivity contribution in [1.82, 2.24) is 24.4 Å². The summed E-state index contributed by atoms with van der Waals surface area (Å²) in [6, 6.07) is 0. The third-order valence-electron chi connectivity index (χ3n) is 2.51. The topological polar surface area (TPSA) is 85.5 Å². The molecule has 2 heterocycles. The maximum atomic E-state index is 11.5. The number of ether oxygens (including phenoxy) is 1. The molecule has 0 unspecified atom stereocenters. The average molecular weight is 548 g/mol. The van der Waals surface area contributed by atoms with Crippen molar-refractivity contribution < 1.29 is 9.30 Å². The quantitative estimate of drug-likeness (QED) is 0.174. The van der Waals surface area contributed by atoms with E-state index in [-0.39, 0.29) is 6.35 Å². The predicted molar refractivity (Wildman–Crippen MR) is 104 cm³/mol. The minimum atomic E-state index is -2.20. The summed E-state index contributed by atoms with van der Waals surface area (Å²) in [5.74, 6) is 0.530. The van der Waals surface area contributed by atoms with Crippen LogP contribution in [-0.4, -0.2) is 57.8 Å². The Kier molecular flexibility index (Phi) is 6.53. The lowest BCUT2D eigenvalue weighted by Crippen LogP contribution is -2.07. The van der Waals surface area contributed by atoms with Crippen LogP contribution in [0.4, 0.5) is 5.82 Å². The Bertz CT molecular complexity index is 714. The van der Waals surface area contributed by atoms with Crippen molar-refractivity contribution in [3.8, 4) is 0 Å². The van der Waals surface area contributed by atoms with Crippen molar-refractivity contribution >= 4 is 69.8 Å². The van der Waals surface area contributed by atoms with Crippen molar-refractivity contribution in [2.24, 2.45) is 4.99 Å². The molecule has 2 aromatic heterocycles. The molecule has 0 aromatic carbocycles. The molecule has 2 aromatic rings. The molecule has 0 fully saturated rings. The van der Waals surface area contributed by atoms with Gasteiger partial charge in [-0.2, -0.15) is 0 Å². The molecule has 0 atom stereocenters. The number of aliphatic imine (C=N–C) groups is 1. The van der Waals surface area contributed by atoms with E-state index in [1.807, 2.05) is 67.6 Å². The van der Waals surface area contributed by atoms with Crippen LogP contribution in [0.3, 0.4) is 0 Å². The van der Waals surface area contributed by atoms with E-state index in [2.05, 4.69) is 19.9 Å². The Hall–Kier alpha value is -0.330. The van der Waals surface area contributed by atoms with Crippen molar-refractivity contribution in [1.29, 1.82) is 0 Å². The van der Waals surface area contributed by atoms with E-state index in [9.17, 15) is 4.57 Å². The van der Waals surface area contributed by atoms with Gasteiger partial charge in [-0.1, -0.05) is 0 Å². The van der Waals surface area contributed by atoms with Gasteiger partial charge in [0, 0.05) is 64.7 Å². The summed E-state index contributed by atoms with van der Waals surface area (Å²) in [4.78, 5) is 18.8. The van der Waals surface area contributed by atoms with Crippen molar-refractivity contribution in [2.45, 2.75) is 6.54 Å². The SMILES string of the molecule is CN(C)C=Nc1ncnc2c1ncn2CCOCP(=O)(I)I. The van der Waals surface area contributed by atoms with Gasteiger partial charge in [-0.15, -0.1) is 0 Å². The molecule has 2 rings (SSSR count). The van der Waals surface area contributed by atoms with Gasteiger partial charge in [0.25, 0.3) is 0 Å². The molecule has 0 radical (unpaired) electrons. The Labute approximate surface area is 154 Å². The van der Waals surface area contributed by atoms with Crippen LogP contribution in [0.25, 0.3) is 11.2 Å². The number of hydrogen-bond donors (Lipinski definition) is 0. The lowest BCUT2D eigenvalue weighted by atomic mass is 10.5. The van der Waals surface area contributed by atoms with E-state index in [0.717, 1.165) is 0 Å². The highest BCUT2D eigenvalue weighted by atomic mass is 127. The first kappa shape index (κ1) is 18.0. The van der Waals surface area contributed by atoms with Crippen LogP contribution in [-0.2, 0) is 15.8 Å². The lowest BCUT2D eigenvalue weighted by molar-refractivity contribution is 0.169. The molecule has 8 nitrogen and oxygen atoms in total. The second-order valence-electron chi connectivity index (χ2n) is 4.62. The zero-order chi connectivity index (χ0) is 16.2. The van der Waals surface area contributed by atoms with Crippen LogP contribution >= 0.6 is 46.5 Å². The molecule has 0 bridgehead atoms. The summed E-state index contributed by atoms with van der Waals surface area (Å²) in [5.41, 5.74) is 1.35. The molecule has 11 heteroatoms. The zero-order valence-electron chi connectivity index (χ0n) is 12.1. The van der Waals surface area contributed by atoms with Gasteiger partial charge in [-0.3, -0.25) is 4.57 Å². The van der Waals surface area contributed by atoms with E-state index in [1.54, 1.807) is 12.7 Å². The van der Waals surface area contributed by atoms with Crippen molar-refractivity contribution in [3.63, 3.8) is 0 Å². The second-order valence-corrected chi connectivity index (χ2v) is 20.9. The number of aromatic nitrogens is 4. The third-order valence-corrected chi connectivity index (χ3v) is 4.67. The van der Waals surface area contributed by atoms with Gasteiger partial charge in [-0.05, 0) is 0 Å². The number of hydrogen-bond acceptors (Lipinski definition) is 6. The fourth-order valence-corrected chi connectivity index (χ4v) is 3.15. The van der Waals surface area contributed by atoms with E-state index >= 15 is 0 Å². The smallest absolute Gasteiger partial charge is 0.222 e. The first-order valence-corrected chi connectivity index (χ1v) is 13.8. The van der Waals surface area contributed by atoms with Crippen LogP contribution < -0.4 is 0 Å². The zero-order valence-corrected chi connectivity index (χ0v) is 17.3. The van der Waals surface area contributed by atoms with Gasteiger partial charge < -0.3 is 14.2 Å². The minimum Gasteiger partial charge on any atom is -0.370 e. The maximum absolute atomic E-state index is 11.5. The number of rotatable bonds is 7. The first-order valence-electron chi connectivity index (χ1n) is 6.29. The summed E-state index contributed by atoms with van der Waals surface area (Å²) < 4.78 is 16.6. The largest absolute Gasteiger partial charge is 0.370 e. The van der Waals surface area contributed by atoms with Crippen molar-refractivity contribution in [3.05, 3.63) is 12.7 Å². The fourth-order valence-electron chi connectivity index (χ4n) is 1.63. The van der Waals surface area contributed by atoms with Crippen LogP contribution in [0.2, 0.25) is 0 Å². The number of fused-ring (bicyclic) bond motifs is 1. The normalized spacial score (nSPS) is 12.4. The summed E-state index contributed by atoms with van der Waals surface area (Å²) in [7, 11) is 3.77. The Morgan fingerprint density at radius 2 is 2.18 bits per heavy atom. The van der Waals surface area contributed by atoms with Crippen LogP contribution in [0.1, 0.15) is 0 Å². The highest BCUT2D eigenvalue weighted by Crippen LogP contribution is 2.62. The van der Waals surface area contributed by atoms with Crippen molar-refractivity contribution in [2.75, 3.05) is 27.1 Å². The molecular weight excluding hydrogens is 533 g/mol. The Balaban J connectivity index is 2.09. The third kappa shape index (κ3) is 5.39. The molecule has 0 saturated heterocycles. The molecule has 120 valence electrons. The Morgan fingerprint density at radius 3 is 2.86 bits per heavy atom. The highest BCUT2D eigenvalue weighted by Gasteiger charge is 2.12. The lowest BCUT2D eigenvalue weighted by Gasteiger charge is -2.06. The van der Waals surface area contributed by atoms with Gasteiger partial charge in [0.05, 0.1) is 19.3 Å². The highest BCUT2D eigenvalue weighted by molar-refractivity contribution is 14.3. The van der Waals surface area contributed by atoms with E-state index in [1.165, 1.54) is 6.33 Å². The second kappa shape index (κ2) is 7.97. The van der Waals surface area contributed by atoms with Crippen LogP contribution in [0.5, 0.6) is 0 Å². The molecule has 0 aliphatic carbocycles. The predicted octanol–water partition coefficient (Wildman–Crippen LogP) is 3.08. The van der Waals surface area contributed by atoms with Gasteiger partial charge in [0.2, 0.25) is 2.43 Å². The first-order chi connectivity index (χ1) is 10.4. The van der Waals surface area contributed by atoms with E-state index in [0.29, 0.717) is 30.1 Å². The molecular formula is C11H15I2N6O2P. The monoisotopic (exact) mass is 548 g/mol. The molecule has 0 aliphatic heterocycles. The van der Waals surface area contributed by atoms with Crippen LogP contribution in [0, 0.1) is 0 Å². The van der Waals surface area contributed by atoms with E-state index in [4.69, 9.17) is 4.74 Å². The molecule has 0 amide bonds. The molecule has 0 saturated carbocycles. The number of imidazole rings is 1. The summed E-state index contributed by atoms with van der Waals surface area (Å²) in [6.45, 7) is 1.03. The molecule has 0 N–H and O–H groups in total. The van der Waals surface area contributed by atoms with Gasteiger partial charge >= 0.3 is 0 Å². The number of nitrogens with zero attached hydrogens (tertiary/aromatic N) is 6. The molecule has 0 aliphatic rings. The van der Waals surface area contributed by atoms with E-state index < -0.39 is 2.43 Å². The number of halogens is 2.